The number of rotatable bonds is 9. The quantitative estimate of drug-likeness (QED) is 0.473. The average molecular weight is 266 g/mol. The van der Waals surface area contributed by atoms with Crippen LogP contribution < -0.4 is 0 Å². The second-order valence-corrected chi connectivity index (χ2v) is 6.38. The Morgan fingerprint density at radius 3 is 1.75 bits per heavy atom. The maximum absolute atomic E-state index is 5.66. The van der Waals surface area contributed by atoms with Crippen molar-refractivity contribution < 1.29 is 18.0 Å². The predicted octanol–water partition coefficient (Wildman–Crippen LogP) is 2.40. The molecule has 0 N–H and O–H groups in total. The summed E-state index contributed by atoms with van der Waals surface area (Å²) in [5.41, 5.74) is 0. The van der Waals surface area contributed by atoms with Gasteiger partial charge in [0.15, 0.2) is 5.05 Å². The molecule has 0 radical (unpaired) electrons. The van der Waals surface area contributed by atoms with Crippen LogP contribution in [0.3, 0.4) is 0 Å². The molecule has 0 aromatic heterocycles. The van der Waals surface area contributed by atoms with Gasteiger partial charge in [-0.2, -0.15) is 0 Å². The summed E-state index contributed by atoms with van der Waals surface area (Å²) in [6.45, 7) is 9.80. The average Bonchev–Trinajstić information content (AvgIpc) is 2.18. The fraction of sp³-hybridized carbons (Fsp3) is 0.900. The molecule has 0 saturated carbocycles. The monoisotopic (exact) mass is 266 g/mol. The van der Waals surface area contributed by atoms with E-state index in [1.807, 2.05) is 20.8 Å². The third kappa shape index (κ3) is 6.54. The predicted molar refractivity (Wildman–Crippen MR) is 69.7 cm³/mol. The molecule has 0 saturated heterocycles. The van der Waals surface area contributed by atoms with Crippen LogP contribution in [-0.2, 0) is 18.0 Å². The minimum Gasteiger partial charge on any atom is -0.487 e. The highest BCUT2D eigenvalue weighted by Gasteiger charge is 2.40. The fourth-order valence-electron chi connectivity index (χ4n) is 1.32. The van der Waals surface area contributed by atoms with Crippen LogP contribution in [-0.4, -0.2) is 40.3 Å². The van der Waals surface area contributed by atoms with Crippen LogP contribution in [0.5, 0.6) is 0 Å². The Hall–Kier alpha value is -0.0131. The first kappa shape index (κ1) is 16.0. The van der Waals surface area contributed by atoms with Crippen LogP contribution in [0.4, 0.5) is 0 Å². The second-order valence-electron chi connectivity index (χ2n) is 3.07. The van der Waals surface area contributed by atoms with Crippen molar-refractivity contribution in [2.24, 2.45) is 0 Å². The van der Waals surface area contributed by atoms with E-state index < -0.39 is 8.80 Å². The van der Waals surface area contributed by atoms with Gasteiger partial charge in [-0.05, 0) is 33.0 Å². The molecular formula is C10H22O4SSi. The summed E-state index contributed by atoms with van der Waals surface area (Å²) in [5.74, 6) is 0. The van der Waals surface area contributed by atoms with Crippen LogP contribution in [0.2, 0.25) is 6.04 Å². The summed E-state index contributed by atoms with van der Waals surface area (Å²) >= 11 is 4.85. The number of thiocarbonyl (C=S) groups is 1. The summed E-state index contributed by atoms with van der Waals surface area (Å²) in [7, 11) is -2.55. The van der Waals surface area contributed by atoms with Crippen LogP contribution in [0.1, 0.15) is 27.7 Å². The SMILES string of the molecule is CCO[Si](CCOC(C)=S)(OCC)OCC. The highest BCUT2D eigenvalue weighted by molar-refractivity contribution is 7.80. The van der Waals surface area contributed by atoms with Gasteiger partial charge in [-0.3, -0.25) is 0 Å². The Bertz CT molecular complexity index is 184. The van der Waals surface area contributed by atoms with Crippen LogP contribution >= 0.6 is 12.2 Å². The molecule has 0 bridgehead atoms. The van der Waals surface area contributed by atoms with Gasteiger partial charge < -0.3 is 18.0 Å². The van der Waals surface area contributed by atoms with E-state index in [1.54, 1.807) is 6.92 Å². The molecule has 16 heavy (non-hydrogen) atoms. The standard InChI is InChI=1S/C10H22O4SSi/c1-5-12-16(13-6-2,14-7-3)9-8-11-10(4)15/h5-9H2,1-4H3. The molecule has 6 heteroatoms. The van der Waals surface area contributed by atoms with Crippen molar-refractivity contribution in [2.75, 3.05) is 26.4 Å². The van der Waals surface area contributed by atoms with Crippen molar-refractivity contribution in [3.8, 4) is 0 Å². The third-order valence-corrected chi connectivity index (χ3v) is 4.93. The zero-order valence-electron chi connectivity index (χ0n) is 10.6. The van der Waals surface area contributed by atoms with Crippen LogP contribution in [0, 0.1) is 0 Å². The lowest BCUT2D eigenvalue weighted by Crippen LogP contribution is -2.46. The van der Waals surface area contributed by atoms with E-state index >= 15 is 0 Å². The van der Waals surface area contributed by atoms with Crippen molar-refractivity contribution >= 4 is 26.1 Å². The van der Waals surface area contributed by atoms with E-state index in [0.29, 0.717) is 37.5 Å². The van der Waals surface area contributed by atoms with E-state index in [0.717, 1.165) is 0 Å². The highest BCUT2D eigenvalue weighted by atomic mass is 32.1. The molecule has 0 unspecified atom stereocenters. The van der Waals surface area contributed by atoms with E-state index in [-0.39, 0.29) is 0 Å². The summed E-state index contributed by atoms with van der Waals surface area (Å²) in [5, 5.41) is 0.535. The van der Waals surface area contributed by atoms with Gasteiger partial charge in [-0.1, -0.05) is 0 Å². The van der Waals surface area contributed by atoms with Crippen LogP contribution in [0.15, 0.2) is 0 Å². The molecule has 0 fully saturated rings. The fourth-order valence-corrected chi connectivity index (χ4v) is 3.76. The molecule has 0 aliphatic rings. The van der Waals surface area contributed by atoms with Gasteiger partial charge in [0.25, 0.3) is 0 Å². The first-order valence-electron chi connectivity index (χ1n) is 5.65. The van der Waals surface area contributed by atoms with Crippen molar-refractivity contribution in [3.05, 3.63) is 0 Å². The molecule has 0 aromatic rings. The van der Waals surface area contributed by atoms with Gasteiger partial charge >= 0.3 is 8.80 Å². The smallest absolute Gasteiger partial charge is 0.487 e. The van der Waals surface area contributed by atoms with Crippen molar-refractivity contribution in [3.63, 3.8) is 0 Å². The molecule has 96 valence electrons. The Labute approximate surface area is 105 Å². The van der Waals surface area contributed by atoms with Gasteiger partial charge in [-0.25, -0.2) is 0 Å². The summed E-state index contributed by atoms with van der Waals surface area (Å²) in [6, 6.07) is 0.635. The largest absolute Gasteiger partial charge is 0.504 e. The van der Waals surface area contributed by atoms with Crippen molar-refractivity contribution in [1.29, 1.82) is 0 Å². The van der Waals surface area contributed by atoms with Crippen LogP contribution in [0.25, 0.3) is 0 Å². The molecule has 0 heterocycles. The van der Waals surface area contributed by atoms with E-state index in [9.17, 15) is 0 Å². The van der Waals surface area contributed by atoms with E-state index in [2.05, 4.69) is 0 Å². The summed E-state index contributed by atoms with van der Waals surface area (Å²) in [4.78, 5) is 0. The van der Waals surface area contributed by atoms with Gasteiger partial charge in [0, 0.05) is 26.7 Å². The molecule has 0 aromatic carbocycles. The van der Waals surface area contributed by atoms with Gasteiger partial charge in [-0.15, -0.1) is 0 Å². The zero-order valence-corrected chi connectivity index (χ0v) is 12.4. The third-order valence-electron chi connectivity index (χ3n) is 1.81. The summed E-state index contributed by atoms with van der Waals surface area (Å²) < 4.78 is 22.3. The molecule has 0 aliphatic carbocycles. The first-order chi connectivity index (χ1) is 7.60. The normalized spacial score (nSPS) is 11.5. The van der Waals surface area contributed by atoms with Gasteiger partial charge in [0.1, 0.15) is 0 Å². The number of ether oxygens (including phenoxy) is 1. The van der Waals surface area contributed by atoms with Crippen molar-refractivity contribution in [1.82, 2.24) is 0 Å². The second kappa shape index (κ2) is 9.06. The Kier molecular flexibility index (Phi) is 9.05. The maximum Gasteiger partial charge on any atom is 0.504 e. The maximum atomic E-state index is 5.66. The topological polar surface area (TPSA) is 36.9 Å². The van der Waals surface area contributed by atoms with E-state index in [4.69, 9.17) is 30.2 Å². The Morgan fingerprint density at radius 2 is 1.44 bits per heavy atom. The summed E-state index contributed by atoms with van der Waals surface area (Å²) in [6.07, 6.45) is 0. The molecule has 0 spiro atoms. The zero-order chi connectivity index (χ0) is 12.4. The minimum atomic E-state index is -2.55. The highest BCUT2D eigenvalue weighted by Crippen LogP contribution is 2.16. The molecule has 4 nitrogen and oxygen atoms in total. The van der Waals surface area contributed by atoms with Gasteiger partial charge in [0.2, 0.25) is 0 Å². The molecule has 0 aliphatic heterocycles. The number of hydrogen-bond acceptors (Lipinski definition) is 5. The van der Waals surface area contributed by atoms with Crippen molar-refractivity contribution in [2.45, 2.75) is 33.7 Å². The Balaban J connectivity index is 4.28. The first-order valence-corrected chi connectivity index (χ1v) is 7.99. The van der Waals surface area contributed by atoms with E-state index in [1.165, 1.54) is 0 Å². The lowest BCUT2D eigenvalue weighted by Gasteiger charge is -2.28. The van der Waals surface area contributed by atoms with Gasteiger partial charge in [0.05, 0.1) is 12.7 Å². The molecule has 0 amide bonds. The molecule has 0 atom stereocenters. The Morgan fingerprint density at radius 1 is 1.00 bits per heavy atom. The molecule has 0 rings (SSSR count). The number of hydrogen-bond donors (Lipinski definition) is 0. The lowest BCUT2D eigenvalue weighted by molar-refractivity contribution is 0.0672. The minimum absolute atomic E-state index is 0.488. The lowest BCUT2D eigenvalue weighted by atomic mass is 10.8. The molecular weight excluding hydrogens is 244 g/mol.